The lowest BCUT2D eigenvalue weighted by molar-refractivity contribution is -0.140. The smallest absolute Gasteiger partial charge is 0.338 e. The maximum atomic E-state index is 13.0. The van der Waals surface area contributed by atoms with Crippen molar-refractivity contribution in [2.45, 2.75) is 19.5 Å². The molecule has 0 radical (unpaired) electrons. The number of methoxy groups -OCH3 is 1. The molecule has 0 saturated carbocycles. The highest BCUT2D eigenvalue weighted by Crippen LogP contribution is 2.36. The number of hydrogen-bond donors (Lipinski definition) is 2. The molecular weight excluding hydrogens is 444 g/mol. The highest BCUT2D eigenvalue weighted by molar-refractivity contribution is 7.80. The lowest BCUT2D eigenvalue weighted by Crippen LogP contribution is -2.45. The number of carbonyl (C=O) groups is 1. The summed E-state index contributed by atoms with van der Waals surface area (Å²) in [6.45, 7) is 2.95. The number of rotatable bonds is 8. The van der Waals surface area contributed by atoms with Gasteiger partial charge in [0.15, 0.2) is 5.11 Å². The van der Waals surface area contributed by atoms with Gasteiger partial charge in [0.05, 0.1) is 29.6 Å². The fraction of sp³-hybridized carbons (Fsp3) is 0.261. The molecule has 0 saturated heterocycles. The van der Waals surface area contributed by atoms with Crippen molar-refractivity contribution in [3.63, 3.8) is 0 Å². The summed E-state index contributed by atoms with van der Waals surface area (Å²) in [5, 5.41) is 13.6. The third-order valence-electron chi connectivity index (χ3n) is 5.05. The Morgan fingerprint density at radius 2 is 2.03 bits per heavy atom. The summed E-state index contributed by atoms with van der Waals surface area (Å²) in [5.41, 5.74) is 3.96. The van der Waals surface area contributed by atoms with Crippen LogP contribution >= 0.6 is 23.6 Å². The van der Waals surface area contributed by atoms with Crippen molar-refractivity contribution in [2.24, 2.45) is 0 Å². The quantitative estimate of drug-likeness (QED) is 0.297. The average molecular weight is 469 g/mol. The molecule has 1 atom stereocenters. The van der Waals surface area contributed by atoms with E-state index in [4.69, 9.17) is 26.8 Å². The summed E-state index contributed by atoms with van der Waals surface area (Å²) in [6, 6.07) is 13.7. The first kappa shape index (κ1) is 22.2. The summed E-state index contributed by atoms with van der Waals surface area (Å²) < 4.78 is 12.3. The first-order valence-corrected chi connectivity index (χ1v) is 11.4. The Hall–Kier alpha value is -3.01. The fourth-order valence-corrected chi connectivity index (χ4v) is 4.60. The molecule has 1 unspecified atom stereocenters. The van der Waals surface area contributed by atoms with Gasteiger partial charge in [-0.15, -0.1) is 11.3 Å². The van der Waals surface area contributed by atoms with Crippen LogP contribution in [0.2, 0.25) is 0 Å². The molecule has 4 rings (SSSR count). The van der Waals surface area contributed by atoms with Gasteiger partial charge in [0.2, 0.25) is 0 Å². The number of benzene rings is 1. The van der Waals surface area contributed by atoms with Crippen molar-refractivity contribution < 1.29 is 14.3 Å². The minimum atomic E-state index is -0.486. The molecule has 0 bridgehead atoms. The second-order valence-corrected chi connectivity index (χ2v) is 8.65. The van der Waals surface area contributed by atoms with E-state index in [9.17, 15) is 4.79 Å². The third kappa shape index (κ3) is 4.90. The predicted molar refractivity (Wildman–Crippen MR) is 128 cm³/mol. The maximum Gasteiger partial charge on any atom is 0.338 e. The van der Waals surface area contributed by atoms with Crippen LogP contribution in [0.5, 0.6) is 0 Å². The van der Waals surface area contributed by atoms with Crippen molar-refractivity contribution in [2.75, 3.05) is 20.3 Å². The Balaban J connectivity index is 1.74. The number of aromatic nitrogens is 2. The van der Waals surface area contributed by atoms with Gasteiger partial charge in [-0.2, -0.15) is 5.10 Å². The molecule has 9 heteroatoms. The Morgan fingerprint density at radius 3 is 2.75 bits per heavy atom. The Labute approximate surface area is 196 Å². The van der Waals surface area contributed by atoms with Crippen LogP contribution in [0.3, 0.4) is 0 Å². The van der Waals surface area contributed by atoms with Crippen molar-refractivity contribution in [3.05, 3.63) is 76.4 Å². The molecule has 2 aromatic heterocycles. The number of hydrogen-bond acceptors (Lipinski definition) is 6. The monoisotopic (exact) mass is 468 g/mol. The van der Waals surface area contributed by atoms with Crippen molar-refractivity contribution in [3.8, 4) is 10.6 Å². The first-order chi connectivity index (χ1) is 15.6. The number of carbonyl (C=O) groups excluding carboxylic acids is 1. The van der Waals surface area contributed by atoms with Crippen LogP contribution in [0, 0.1) is 0 Å². The van der Waals surface area contributed by atoms with Crippen LogP contribution in [-0.2, 0) is 20.8 Å². The number of thiocarbonyl (C=S) groups is 1. The second-order valence-electron chi connectivity index (χ2n) is 7.29. The summed E-state index contributed by atoms with van der Waals surface area (Å²) in [5.74, 6) is -0.417. The van der Waals surface area contributed by atoms with E-state index in [-0.39, 0.29) is 6.61 Å². The fourth-order valence-electron chi connectivity index (χ4n) is 3.60. The van der Waals surface area contributed by atoms with Crippen molar-refractivity contribution >= 4 is 34.6 Å². The zero-order valence-electron chi connectivity index (χ0n) is 17.8. The number of thiophene rings is 1. The van der Waals surface area contributed by atoms with E-state index in [1.165, 1.54) is 0 Å². The van der Waals surface area contributed by atoms with Gasteiger partial charge in [-0.05, 0) is 36.2 Å². The van der Waals surface area contributed by atoms with E-state index in [1.807, 2.05) is 53.5 Å². The SMILES string of the molecule is COCCOC(=O)C1=C(C)NC(=S)NC1c1cn(Cc2ccccc2)nc1-c1cccs1. The van der Waals surface area contributed by atoms with Crippen molar-refractivity contribution in [1.82, 2.24) is 20.4 Å². The summed E-state index contributed by atoms with van der Waals surface area (Å²) in [4.78, 5) is 14.0. The molecule has 1 aliphatic heterocycles. The molecule has 0 amide bonds. The number of nitrogens with one attached hydrogen (secondary N) is 2. The van der Waals surface area contributed by atoms with Gasteiger partial charge in [0, 0.05) is 24.6 Å². The van der Waals surface area contributed by atoms with Crippen molar-refractivity contribution in [1.29, 1.82) is 0 Å². The van der Waals surface area contributed by atoms with Gasteiger partial charge < -0.3 is 20.1 Å². The second kappa shape index (κ2) is 10.1. The van der Waals surface area contributed by atoms with E-state index >= 15 is 0 Å². The van der Waals surface area contributed by atoms with E-state index in [0.717, 1.165) is 21.7 Å². The van der Waals surface area contributed by atoms with Crippen LogP contribution in [0.25, 0.3) is 10.6 Å². The molecule has 3 aromatic rings. The Morgan fingerprint density at radius 1 is 1.22 bits per heavy atom. The van der Waals surface area contributed by atoms with E-state index < -0.39 is 12.0 Å². The largest absolute Gasteiger partial charge is 0.460 e. The van der Waals surface area contributed by atoms with Gasteiger partial charge in [-0.3, -0.25) is 4.68 Å². The normalized spacial score (nSPS) is 15.9. The van der Waals surface area contributed by atoms with Crippen LogP contribution in [0.1, 0.15) is 24.1 Å². The summed E-state index contributed by atoms with van der Waals surface area (Å²) in [7, 11) is 1.57. The summed E-state index contributed by atoms with van der Waals surface area (Å²) in [6.07, 6.45) is 1.98. The highest BCUT2D eigenvalue weighted by atomic mass is 32.1. The standard InChI is InChI=1S/C23H24N4O3S2/c1-15-19(22(28)30-11-10-29-2)21(25-23(31)24-15)17-14-27(13-16-7-4-3-5-8-16)26-20(17)18-9-6-12-32-18/h3-9,12,14,21H,10-11,13H2,1-2H3,(H2,24,25,31). The van der Waals surface area contributed by atoms with Gasteiger partial charge in [0.1, 0.15) is 12.3 Å². The molecule has 7 nitrogen and oxygen atoms in total. The number of esters is 1. The highest BCUT2D eigenvalue weighted by Gasteiger charge is 2.34. The van der Waals surface area contributed by atoms with Crippen LogP contribution in [0.15, 0.2) is 65.3 Å². The molecule has 32 heavy (non-hydrogen) atoms. The van der Waals surface area contributed by atoms with Gasteiger partial charge in [0.25, 0.3) is 0 Å². The molecule has 2 N–H and O–H groups in total. The predicted octanol–water partition coefficient (Wildman–Crippen LogP) is 3.64. The van der Waals surface area contributed by atoms with E-state index in [0.29, 0.717) is 29.5 Å². The molecule has 1 aromatic carbocycles. The Kier molecular flexibility index (Phi) is 6.99. The molecule has 1 aliphatic rings. The number of nitrogens with zero attached hydrogens (tertiary/aromatic N) is 2. The molecule has 0 aliphatic carbocycles. The first-order valence-electron chi connectivity index (χ1n) is 10.2. The van der Waals surface area contributed by atoms with Gasteiger partial charge in [-0.25, -0.2) is 4.79 Å². The van der Waals surface area contributed by atoms with E-state index in [1.54, 1.807) is 18.4 Å². The third-order valence-corrected chi connectivity index (χ3v) is 6.15. The van der Waals surface area contributed by atoms with E-state index in [2.05, 4.69) is 22.8 Å². The average Bonchev–Trinajstić information content (AvgIpc) is 3.44. The zero-order chi connectivity index (χ0) is 22.5. The van der Waals surface area contributed by atoms with Crippen LogP contribution in [0.4, 0.5) is 0 Å². The molecular formula is C23H24N4O3S2. The van der Waals surface area contributed by atoms with Crippen LogP contribution < -0.4 is 10.6 Å². The topological polar surface area (TPSA) is 77.4 Å². The molecule has 166 valence electrons. The number of ether oxygens (including phenoxy) is 2. The lowest BCUT2D eigenvalue weighted by Gasteiger charge is -2.29. The molecule has 0 spiro atoms. The zero-order valence-corrected chi connectivity index (χ0v) is 19.5. The lowest BCUT2D eigenvalue weighted by atomic mass is 9.95. The molecule has 0 fully saturated rings. The maximum absolute atomic E-state index is 13.0. The minimum Gasteiger partial charge on any atom is -0.460 e. The van der Waals surface area contributed by atoms with Crippen LogP contribution in [-0.4, -0.2) is 41.2 Å². The molecule has 3 heterocycles. The summed E-state index contributed by atoms with van der Waals surface area (Å²) >= 11 is 7.01. The van der Waals surface area contributed by atoms with Gasteiger partial charge in [-0.1, -0.05) is 36.4 Å². The minimum absolute atomic E-state index is 0.175. The number of allylic oxidation sites excluding steroid dienone is 1. The Bertz CT molecular complexity index is 1120. The van der Waals surface area contributed by atoms with Gasteiger partial charge >= 0.3 is 5.97 Å².